The van der Waals surface area contributed by atoms with E-state index in [1.54, 1.807) is 0 Å². The molecule has 1 amide bonds. The Kier molecular flexibility index (Phi) is 2.40. The largest absolute Gasteiger partial charge is 0.324 e. The van der Waals surface area contributed by atoms with Crippen LogP contribution < -0.4 is 5.32 Å². The summed E-state index contributed by atoms with van der Waals surface area (Å²) in [5.41, 5.74) is 0.492. The van der Waals surface area contributed by atoms with Crippen LogP contribution in [0.15, 0.2) is 0 Å². The molecule has 1 aliphatic heterocycles. The molecule has 16 heavy (non-hydrogen) atoms. The van der Waals surface area contributed by atoms with Gasteiger partial charge in [0.2, 0.25) is 5.91 Å². The predicted molar refractivity (Wildman–Crippen MR) is 64.8 cm³/mol. The summed E-state index contributed by atoms with van der Waals surface area (Å²) in [6, 6.07) is 0.413. The number of hydrogen-bond donors (Lipinski definition) is 1. The van der Waals surface area contributed by atoms with Gasteiger partial charge in [0, 0.05) is 6.04 Å². The Morgan fingerprint density at radius 1 is 1.25 bits per heavy atom. The molecule has 1 atom stereocenters. The molecule has 0 aromatic rings. The molecular weight excluding hydrogens is 200 g/mol. The quantitative estimate of drug-likeness (QED) is 0.776. The first-order valence-electron chi connectivity index (χ1n) is 6.25. The van der Waals surface area contributed by atoms with Crippen molar-refractivity contribution in [2.24, 2.45) is 16.7 Å². The fourth-order valence-electron chi connectivity index (χ4n) is 3.22. The highest BCUT2D eigenvalue weighted by Gasteiger charge is 2.69. The third-order valence-electron chi connectivity index (χ3n) is 4.95. The molecule has 1 saturated heterocycles. The fraction of sp³-hybridized carbons (Fsp3) is 0.923. The van der Waals surface area contributed by atoms with Crippen LogP contribution in [0.4, 0.5) is 0 Å². The van der Waals surface area contributed by atoms with Crippen molar-refractivity contribution in [1.29, 1.82) is 0 Å². The number of carbonyl (C=O) groups excluding carboxylic acids is 1. The lowest BCUT2D eigenvalue weighted by molar-refractivity contribution is -0.130. The van der Waals surface area contributed by atoms with Crippen molar-refractivity contribution < 1.29 is 4.79 Å². The summed E-state index contributed by atoms with van der Waals surface area (Å²) in [6.07, 6.45) is 0. The van der Waals surface area contributed by atoms with Crippen molar-refractivity contribution in [1.82, 2.24) is 10.2 Å². The second kappa shape index (κ2) is 3.22. The molecule has 0 spiro atoms. The fourth-order valence-corrected chi connectivity index (χ4v) is 3.22. The Morgan fingerprint density at radius 3 is 2.06 bits per heavy atom. The average Bonchev–Trinajstić information content (AvgIpc) is 2.43. The average molecular weight is 224 g/mol. The van der Waals surface area contributed by atoms with E-state index in [9.17, 15) is 4.79 Å². The Labute approximate surface area is 98.6 Å². The smallest absolute Gasteiger partial charge is 0.241 e. The minimum atomic E-state index is 0.0206. The summed E-state index contributed by atoms with van der Waals surface area (Å²) < 4.78 is 0. The molecule has 2 aliphatic rings. The number of hydrogen-bond acceptors (Lipinski definition) is 2. The normalized spacial score (nSPS) is 32.6. The molecule has 1 aliphatic carbocycles. The van der Waals surface area contributed by atoms with Crippen molar-refractivity contribution in [3.8, 4) is 0 Å². The van der Waals surface area contributed by atoms with E-state index in [-0.39, 0.29) is 16.9 Å². The van der Waals surface area contributed by atoms with Crippen LogP contribution in [0.2, 0.25) is 0 Å². The van der Waals surface area contributed by atoms with Gasteiger partial charge in [-0.15, -0.1) is 0 Å². The maximum atomic E-state index is 12.3. The second-order valence-electron chi connectivity index (χ2n) is 6.74. The van der Waals surface area contributed by atoms with Crippen LogP contribution in [0, 0.1) is 16.7 Å². The molecule has 3 heteroatoms. The van der Waals surface area contributed by atoms with Crippen molar-refractivity contribution in [3.63, 3.8) is 0 Å². The molecule has 0 bridgehead atoms. The van der Waals surface area contributed by atoms with Gasteiger partial charge in [0.15, 0.2) is 0 Å². The minimum absolute atomic E-state index is 0.0206. The number of amides is 1. The second-order valence-corrected chi connectivity index (χ2v) is 6.74. The molecule has 1 heterocycles. The number of rotatable bonds is 2. The molecule has 2 rings (SSSR count). The molecule has 2 fully saturated rings. The Balaban J connectivity index is 2.13. The number of nitrogens with zero attached hydrogens (tertiary/aromatic N) is 1. The summed E-state index contributed by atoms with van der Waals surface area (Å²) in [5, 5.41) is 3.33. The molecule has 3 nitrogen and oxygen atoms in total. The van der Waals surface area contributed by atoms with Crippen LogP contribution in [0.25, 0.3) is 0 Å². The number of nitrogens with one attached hydrogen (secondary N) is 1. The molecule has 1 saturated carbocycles. The number of carbonyl (C=O) groups is 1. The minimum Gasteiger partial charge on any atom is -0.324 e. The van der Waals surface area contributed by atoms with E-state index < -0.39 is 0 Å². The van der Waals surface area contributed by atoms with Gasteiger partial charge in [-0.2, -0.15) is 0 Å². The topological polar surface area (TPSA) is 32.3 Å². The third kappa shape index (κ3) is 1.33. The van der Waals surface area contributed by atoms with Gasteiger partial charge in [0.25, 0.3) is 0 Å². The Morgan fingerprint density at radius 2 is 1.75 bits per heavy atom. The monoisotopic (exact) mass is 224 g/mol. The van der Waals surface area contributed by atoms with Gasteiger partial charge >= 0.3 is 0 Å². The zero-order valence-corrected chi connectivity index (χ0v) is 11.3. The summed E-state index contributed by atoms with van der Waals surface area (Å²) in [7, 11) is 0. The van der Waals surface area contributed by atoms with E-state index >= 15 is 0 Å². The molecule has 0 radical (unpaired) electrons. The van der Waals surface area contributed by atoms with Crippen molar-refractivity contribution in [2.75, 3.05) is 6.67 Å². The maximum absolute atomic E-state index is 12.3. The molecular formula is C13H24N2O. The van der Waals surface area contributed by atoms with Gasteiger partial charge in [-0.25, -0.2) is 0 Å². The zero-order valence-electron chi connectivity index (χ0n) is 11.3. The van der Waals surface area contributed by atoms with E-state index in [0.29, 0.717) is 17.9 Å². The van der Waals surface area contributed by atoms with Crippen LogP contribution in [0.5, 0.6) is 0 Å². The first kappa shape index (κ1) is 11.9. The standard InChI is InChI=1S/C13H24N2O/c1-8(2)9-10(16)15(7-14-9)11-12(3,4)13(11,5)6/h8-9,11,14H,7H2,1-6H3. The van der Waals surface area contributed by atoms with E-state index in [1.165, 1.54) is 0 Å². The van der Waals surface area contributed by atoms with Gasteiger partial charge in [0.1, 0.15) is 0 Å². The lowest BCUT2D eigenvalue weighted by atomic mass is 10.0. The SMILES string of the molecule is CC(C)C1NCN(C2C(C)(C)C2(C)C)C1=O. The van der Waals surface area contributed by atoms with Gasteiger partial charge < -0.3 is 4.90 Å². The van der Waals surface area contributed by atoms with Crippen molar-refractivity contribution >= 4 is 5.91 Å². The zero-order chi connectivity index (χ0) is 12.3. The Bertz CT molecular complexity index is 306. The van der Waals surface area contributed by atoms with Crippen LogP contribution in [0.3, 0.4) is 0 Å². The Hall–Kier alpha value is -0.570. The van der Waals surface area contributed by atoms with Crippen LogP contribution in [0.1, 0.15) is 41.5 Å². The van der Waals surface area contributed by atoms with E-state index in [2.05, 4.69) is 46.9 Å². The van der Waals surface area contributed by atoms with Gasteiger partial charge in [0.05, 0.1) is 12.7 Å². The molecule has 1 N–H and O–H groups in total. The lowest BCUT2D eigenvalue weighted by Gasteiger charge is -2.19. The van der Waals surface area contributed by atoms with Gasteiger partial charge in [-0.05, 0) is 16.7 Å². The molecule has 92 valence electrons. The van der Waals surface area contributed by atoms with Crippen molar-refractivity contribution in [2.45, 2.75) is 53.6 Å². The molecule has 0 aromatic heterocycles. The summed E-state index contributed by atoms with van der Waals surface area (Å²) >= 11 is 0. The van der Waals surface area contributed by atoms with Crippen LogP contribution in [-0.2, 0) is 4.79 Å². The lowest BCUT2D eigenvalue weighted by Crippen LogP contribution is -2.37. The summed E-state index contributed by atoms with van der Waals surface area (Å²) in [4.78, 5) is 14.3. The highest BCUT2D eigenvalue weighted by atomic mass is 16.2. The predicted octanol–water partition coefficient (Wildman–Crippen LogP) is 1.83. The first-order chi connectivity index (χ1) is 7.21. The molecule has 0 aromatic carbocycles. The van der Waals surface area contributed by atoms with E-state index in [4.69, 9.17) is 0 Å². The van der Waals surface area contributed by atoms with Crippen molar-refractivity contribution in [3.05, 3.63) is 0 Å². The van der Waals surface area contributed by atoms with Crippen LogP contribution in [-0.4, -0.2) is 29.6 Å². The highest BCUT2D eigenvalue weighted by Crippen LogP contribution is 2.65. The first-order valence-corrected chi connectivity index (χ1v) is 6.25. The maximum Gasteiger partial charge on any atom is 0.241 e. The van der Waals surface area contributed by atoms with Gasteiger partial charge in [-0.1, -0.05) is 41.5 Å². The van der Waals surface area contributed by atoms with E-state index in [1.807, 2.05) is 4.90 Å². The third-order valence-corrected chi connectivity index (χ3v) is 4.95. The highest BCUT2D eigenvalue weighted by molar-refractivity contribution is 5.85. The van der Waals surface area contributed by atoms with E-state index in [0.717, 1.165) is 6.67 Å². The molecule has 1 unspecified atom stereocenters. The summed E-state index contributed by atoms with van der Waals surface area (Å²) in [5.74, 6) is 0.668. The van der Waals surface area contributed by atoms with Gasteiger partial charge in [-0.3, -0.25) is 10.1 Å². The van der Waals surface area contributed by atoms with Crippen LogP contribution >= 0.6 is 0 Å². The summed E-state index contributed by atoms with van der Waals surface area (Å²) in [6.45, 7) is 14.0.